The highest BCUT2D eigenvalue weighted by atomic mass is 35.5. The summed E-state index contributed by atoms with van der Waals surface area (Å²) in [6, 6.07) is 17.4. The van der Waals surface area contributed by atoms with Crippen LogP contribution in [0.5, 0.6) is 17.2 Å². The molecule has 0 aliphatic rings. The van der Waals surface area contributed by atoms with Crippen LogP contribution in [0.2, 0.25) is 10.0 Å². The molecule has 0 bridgehead atoms. The molecule has 1 aromatic heterocycles. The molecule has 1 heterocycles. The third-order valence-corrected chi connectivity index (χ3v) is 5.85. The van der Waals surface area contributed by atoms with Crippen LogP contribution in [-0.2, 0) is 19.4 Å². The summed E-state index contributed by atoms with van der Waals surface area (Å²) in [5.74, 6) is 2.62. The van der Waals surface area contributed by atoms with Crippen LogP contribution in [0.4, 0.5) is 0 Å². The van der Waals surface area contributed by atoms with E-state index in [0.29, 0.717) is 39.7 Å². The maximum atomic E-state index is 6.50. The molecule has 9 heteroatoms. The van der Waals surface area contributed by atoms with Gasteiger partial charge in [-0.15, -0.1) is 10.2 Å². The number of nitrogens with zero attached hydrogens (tertiary/aromatic N) is 3. The molecule has 7 nitrogen and oxygen atoms in total. The molecule has 0 radical (unpaired) electrons. The predicted octanol–water partition coefficient (Wildman–Crippen LogP) is 5.95. The molecule has 4 aromatic rings. The molecule has 0 aliphatic heterocycles. The van der Waals surface area contributed by atoms with Gasteiger partial charge in [0.05, 0.1) is 19.2 Å². The molecule has 1 N–H and O–H groups in total. The molecule has 0 fully saturated rings. The summed E-state index contributed by atoms with van der Waals surface area (Å²) in [6.07, 6.45) is 2.56. The fraction of sp³-hybridized carbons (Fsp3) is 0.240. The van der Waals surface area contributed by atoms with Crippen LogP contribution in [0.1, 0.15) is 23.1 Å². The summed E-state index contributed by atoms with van der Waals surface area (Å²) in [5, 5.41) is 15.1. The Morgan fingerprint density at radius 2 is 1.59 bits per heavy atom. The number of ether oxygens (including phenoxy) is 3. The van der Waals surface area contributed by atoms with Gasteiger partial charge in [0.25, 0.3) is 0 Å². The molecule has 0 aliphatic carbocycles. The molecule has 0 spiro atoms. The molecule has 0 saturated heterocycles. The fourth-order valence-corrected chi connectivity index (χ4v) is 4.24. The van der Waals surface area contributed by atoms with E-state index in [1.54, 1.807) is 20.3 Å². The number of aromatic amines is 1. The van der Waals surface area contributed by atoms with E-state index in [1.165, 1.54) is 5.56 Å². The number of benzene rings is 3. The molecule has 0 amide bonds. The molecular weight excluding hydrogens is 475 g/mol. The van der Waals surface area contributed by atoms with Gasteiger partial charge in [0.1, 0.15) is 23.9 Å². The van der Waals surface area contributed by atoms with Crippen LogP contribution in [-0.4, -0.2) is 34.8 Å². The van der Waals surface area contributed by atoms with Gasteiger partial charge < -0.3 is 14.2 Å². The maximum Gasteiger partial charge on any atom is 0.204 e. The van der Waals surface area contributed by atoms with E-state index in [2.05, 4.69) is 32.8 Å². The Hall–Kier alpha value is -3.29. The number of H-pyrrole nitrogens is 1. The average molecular weight is 499 g/mol. The topological polar surface area (TPSA) is 82.2 Å². The van der Waals surface area contributed by atoms with Crippen molar-refractivity contribution in [2.45, 2.75) is 25.9 Å². The number of nitrogens with one attached hydrogen (secondary N) is 1. The fourth-order valence-electron chi connectivity index (χ4n) is 3.65. The number of hydrogen-bond acceptors (Lipinski definition) is 6. The minimum Gasteiger partial charge on any atom is -0.497 e. The second-order valence-corrected chi connectivity index (χ2v) is 8.51. The van der Waals surface area contributed by atoms with E-state index in [-0.39, 0.29) is 0 Å². The standard InChI is InChI=1S/C25H24Cl2N4O3/c1-32-21-10-17(11-22(14-21)33-2)15-34-24-19(12-20(26)13-23(24)27)5-3-4-16-6-8-18(9-7-16)25-28-30-31-29-25/h6-14H,3-5,15H2,1-2H3,(H,28,29,30,31). The zero-order chi connectivity index (χ0) is 23.9. The summed E-state index contributed by atoms with van der Waals surface area (Å²) in [5.41, 5.74) is 4.01. The van der Waals surface area contributed by atoms with Crippen molar-refractivity contribution in [1.82, 2.24) is 20.6 Å². The Labute approximate surface area is 208 Å². The average Bonchev–Trinajstić information content (AvgIpc) is 3.38. The van der Waals surface area contributed by atoms with E-state index in [9.17, 15) is 0 Å². The Kier molecular flexibility index (Phi) is 7.87. The normalized spacial score (nSPS) is 10.8. The van der Waals surface area contributed by atoms with Gasteiger partial charge in [0.2, 0.25) is 5.82 Å². The third-order valence-electron chi connectivity index (χ3n) is 5.35. The van der Waals surface area contributed by atoms with Gasteiger partial charge in [-0.05, 0) is 65.4 Å². The van der Waals surface area contributed by atoms with Gasteiger partial charge in [-0.25, -0.2) is 0 Å². The summed E-state index contributed by atoms with van der Waals surface area (Å²) < 4.78 is 16.8. The minimum absolute atomic E-state index is 0.319. The highest BCUT2D eigenvalue weighted by Gasteiger charge is 2.13. The molecule has 4 rings (SSSR count). The summed E-state index contributed by atoms with van der Waals surface area (Å²) >= 11 is 12.8. The number of methoxy groups -OCH3 is 2. The molecule has 0 unspecified atom stereocenters. The van der Waals surface area contributed by atoms with Crippen molar-refractivity contribution in [3.05, 3.63) is 81.3 Å². The first-order valence-electron chi connectivity index (χ1n) is 10.7. The number of halogens is 2. The van der Waals surface area contributed by atoms with Crippen LogP contribution in [0.25, 0.3) is 11.4 Å². The second kappa shape index (κ2) is 11.2. The lowest BCUT2D eigenvalue weighted by molar-refractivity contribution is 0.300. The first-order valence-corrected chi connectivity index (χ1v) is 11.5. The quantitative estimate of drug-likeness (QED) is 0.291. The van der Waals surface area contributed by atoms with Crippen molar-refractivity contribution in [3.8, 4) is 28.6 Å². The van der Waals surface area contributed by atoms with Gasteiger partial charge in [0.15, 0.2) is 0 Å². The Morgan fingerprint density at radius 1 is 0.853 bits per heavy atom. The van der Waals surface area contributed by atoms with Gasteiger partial charge in [-0.2, -0.15) is 5.21 Å². The van der Waals surface area contributed by atoms with Crippen LogP contribution >= 0.6 is 23.2 Å². The lowest BCUT2D eigenvalue weighted by Crippen LogP contribution is -2.01. The SMILES string of the molecule is COc1cc(COc2c(Cl)cc(Cl)cc2CCCc2ccc(-c3nn[nH]n3)cc2)cc(OC)c1. The Bertz CT molecular complexity index is 1210. The lowest BCUT2D eigenvalue weighted by atomic mass is 10.0. The zero-order valence-electron chi connectivity index (χ0n) is 18.8. The summed E-state index contributed by atoms with van der Waals surface area (Å²) in [6.45, 7) is 0.319. The van der Waals surface area contributed by atoms with Gasteiger partial charge in [0, 0.05) is 16.7 Å². The lowest BCUT2D eigenvalue weighted by Gasteiger charge is -2.15. The maximum absolute atomic E-state index is 6.50. The summed E-state index contributed by atoms with van der Waals surface area (Å²) in [4.78, 5) is 0. The highest BCUT2D eigenvalue weighted by Crippen LogP contribution is 2.34. The number of tetrazole rings is 1. The molecule has 0 atom stereocenters. The van der Waals surface area contributed by atoms with E-state index < -0.39 is 0 Å². The first kappa shape index (κ1) is 23.9. The zero-order valence-corrected chi connectivity index (χ0v) is 20.4. The first-order chi connectivity index (χ1) is 16.6. The Balaban J connectivity index is 1.42. The Morgan fingerprint density at radius 3 is 2.24 bits per heavy atom. The largest absolute Gasteiger partial charge is 0.497 e. The van der Waals surface area contributed by atoms with E-state index in [4.69, 9.17) is 37.4 Å². The molecule has 3 aromatic carbocycles. The van der Waals surface area contributed by atoms with Gasteiger partial charge in [-0.1, -0.05) is 47.5 Å². The predicted molar refractivity (Wildman–Crippen MR) is 132 cm³/mol. The van der Waals surface area contributed by atoms with E-state index in [1.807, 2.05) is 36.4 Å². The molecular formula is C25H24Cl2N4O3. The van der Waals surface area contributed by atoms with Crippen molar-refractivity contribution in [2.75, 3.05) is 14.2 Å². The number of aryl methyl sites for hydroxylation is 2. The van der Waals surface area contributed by atoms with Crippen molar-refractivity contribution in [2.24, 2.45) is 0 Å². The van der Waals surface area contributed by atoms with E-state index in [0.717, 1.165) is 36.0 Å². The van der Waals surface area contributed by atoms with Crippen LogP contribution in [0.15, 0.2) is 54.6 Å². The second-order valence-electron chi connectivity index (χ2n) is 7.67. The molecule has 176 valence electrons. The van der Waals surface area contributed by atoms with Crippen molar-refractivity contribution < 1.29 is 14.2 Å². The smallest absolute Gasteiger partial charge is 0.204 e. The van der Waals surface area contributed by atoms with E-state index >= 15 is 0 Å². The van der Waals surface area contributed by atoms with Crippen LogP contribution in [0.3, 0.4) is 0 Å². The van der Waals surface area contributed by atoms with Crippen molar-refractivity contribution in [1.29, 1.82) is 0 Å². The van der Waals surface area contributed by atoms with Gasteiger partial charge in [-0.3, -0.25) is 0 Å². The van der Waals surface area contributed by atoms with Crippen molar-refractivity contribution >= 4 is 23.2 Å². The number of hydrogen-bond donors (Lipinski definition) is 1. The monoisotopic (exact) mass is 498 g/mol. The third kappa shape index (κ3) is 5.98. The van der Waals surface area contributed by atoms with Crippen molar-refractivity contribution in [3.63, 3.8) is 0 Å². The van der Waals surface area contributed by atoms with Gasteiger partial charge >= 0.3 is 0 Å². The summed E-state index contributed by atoms with van der Waals surface area (Å²) in [7, 11) is 3.23. The number of aromatic nitrogens is 4. The highest BCUT2D eigenvalue weighted by molar-refractivity contribution is 6.35. The van der Waals surface area contributed by atoms with Crippen LogP contribution < -0.4 is 14.2 Å². The minimum atomic E-state index is 0.319. The number of rotatable bonds is 10. The van der Waals surface area contributed by atoms with Crippen LogP contribution in [0, 0.1) is 0 Å². The molecule has 0 saturated carbocycles. The molecule has 34 heavy (non-hydrogen) atoms.